The van der Waals surface area contributed by atoms with Crippen LogP contribution in [0, 0.1) is 5.92 Å². The average molecular weight is 204 g/mol. The van der Waals surface area contributed by atoms with Crippen LogP contribution >= 0.6 is 0 Å². The SMILES string of the molecule is CC(CCN)C(=O)NCCOCCO. The van der Waals surface area contributed by atoms with Crippen molar-refractivity contribution in [2.75, 3.05) is 32.9 Å². The molecule has 5 heteroatoms. The second kappa shape index (κ2) is 8.93. The molecule has 4 N–H and O–H groups in total. The van der Waals surface area contributed by atoms with Gasteiger partial charge in [-0.1, -0.05) is 6.92 Å². The van der Waals surface area contributed by atoms with Crippen molar-refractivity contribution >= 4 is 5.91 Å². The predicted molar refractivity (Wildman–Crippen MR) is 53.7 cm³/mol. The lowest BCUT2D eigenvalue weighted by atomic mass is 10.1. The van der Waals surface area contributed by atoms with Crippen LogP contribution in [-0.4, -0.2) is 43.9 Å². The molecule has 0 saturated heterocycles. The minimum absolute atomic E-state index is 0.00282. The zero-order valence-electron chi connectivity index (χ0n) is 8.66. The van der Waals surface area contributed by atoms with E-state index in [2.05, 4.69) is 5.32 Å². The molecule has 14 heavy (non-hydrogen) atoms. The highest BCUT2D eigenvalue weighted by atomic mass is 16.5. The minimum Gasteiger partial charge on any atom is -0.394 e. The highest BCUT2D eigenvalue weighted by Gasteiger charge is 2.10. The second-order valence-electron chi connectivity index (χ2n) is 3.11. The van der Waals surface area contributed by atoms with Gasteiger partial charge < -0.3 is 20.9 Å². The Hall–Kier alpha value is -0.650. The van der Waals surface area contributed by atoms with E-state index in [9.17, 15) is 4.79 Å². The molecule has 0 bridgehead atoms. The predicted octanol–water partition coefficient (Wildman–Crippen LogP) is -0.904. The number of nitrogens with one attached hydrogen (secondary N) is 1. The van der Waals surface area contributed by atoms with Crippen LogP contribution in [0.2, 0.25) is 0 Å². The Balaban J connectivity index is 3.34. The second-order valence-corrected chi connectivity index (χ2v) is 3.11. The summed E-state index contributed by atoms with van der Waals surface area (Å²) in [4.78, 5) is 11.3. The highest BCUT2D eigenvalue weighted by Crippen LogP contribution is 1.98. The van der Waals surface area contributed by atoms with Crippen molar-refractivity contribution in [3.8, 4) is 0 Å². The van der Waals surface area contributed by atoms with E-state index < -0.39 is 0 Å². The third-order valence-electron chi connectivity index (χ3n) is 1.83. The molecule has 1 unspecified atom stereocenters. The molecular weight excluding hydrogens is 184 g/mol. The van der Waals surface area contributed by atoms with E-state index in [4.69, 9.17) is 15.6 Å². The number of amides is 1. The first-order valence-corrected chi connectivity index (χ1v) is 4.88. The molecule has 1 amide bonds. The Bertz CT molecular complexity index is 153. The molecule has 0 aromatic carbocycles. The van der Waals surface area contributed by atoms with Gasteiger partial charge in [0.25, 0.3) is 0 Å². The van der Waals surface area contributed by atoms with Crippen molar-refractivity contribution in [1.29, 1.82) is 0 Å². The number of hydrogen-bond donors (Lipinski definition) is 3. The van der Waals surface area contributed by atoms with E-state index in [0.29, 0.717) is 32.7 Å². The largest absolute Gasteiger partial charge is 0.394 e. The molecule has 0 saturated carbocycles. The van der Waals surface area contributed by atoms with E-state index >= 15 is 0 Å². The molecule has 0 heterocycles. The van der Waals surface area contributed by atoms with Gasteiger partial charge in [-0.2, -0.15) is 0 Å². The summed E-state index contributed by atoms with van der Waals surface area (Å²) in [7, 11) is 0. The van der Waals surface area contributed by atoms with Gasteiger partial charge in [0, 0.05) is 12.5 Å². The Morgan fingerprint density at radius 2 is 2.29 bits per heavy atom. The molecule has 0 spiro atoms. The van der Waals surface area contributed by atoms with E-state index in [-0.39, 0.29) is 18.4 Å². The topological polar surface area (TPSA) is 84.6 Å². The standard InChI is InChI=1S/C9H20N2O3/c1-8(2-3-10)9(13)11-4-6-14-7-5-12/h8,12H,2-7,10H2,1H3,(H,11,13). The summed E-state index contributed by atoms with van der Waals surface area (Å²) in [5, 5.41) is 11.1. The Labute approximate surface area is 84.6 Å². The third kappa shape index (κ3) is 6.82. The Kier molecular flexibility index (Phi) is 8.51. The Morgan fingerprint density at radius 3 is 2.86 bits per heavy atom. The van der Waals surface area contributed by atoms with Gasteiger partial charge in [-0.05, 0) is 13.0 Å². The van der Waals surface area contributed by atoms with Gasteiger partial charge in [-0.15, -0.1) is 0 Å². The normalized spacial score (nSPS) is 12.5. The maximum absolute atomic E-state index is 11.3. The maximum Gasteiger partial charge on any atom is 0.222 e. The molecule has 0 aliphatic heterocycles. The molecule has 0 aliphatic rings. The minimum atomic E-state index is -0.0437. The summed E-state index contributed by atoms with van der Waals surface area (Å²) in [6.07, 6.45) is 0.698. The molecule has 0 fully saturated rings. The summed E-state index contributed by atoms with van der Waals surface area (Å²) in [6.45, 7) is 3.60. The lowest BCUT2D eigenvalue weighted by molar-refractivity contribution is -0.124. The zero-order chi connectivity index (χ0) is 10.8. The third-order valence-corrected chi connectivity index (χ3v) is 1.83. The van der Waals surface area contributed by atoms with Crippen LogP contribution in [0.3, 0.4) is 0 Å². The monoisotopic (exact) mass is 204 g/mol. The number of rotatable bonds is 8. The number of carbonyl (C=O) groups is 1. The number of hydrogen-bond acceptors (Lipinski definition) is 4. The average Bonchev–Trinajstić information content (AvgIpc) is 2.17. The smallest absolute Gasteiger partial charge is 0.222 e. The van der Waals surface area contributed by atoms with Crippen molar-refractivity contribution in [3.05, 3.63) is 0 Å². The number of aliphatic hydroxyl groups excluding tert-OH is 1. The quantitative estimate of drug-likeness (QED) is 0.447. The summed E-state index contributed by atoms with van der Waals surface area (Å²) in [5.74, 6) is -0.0408. The highest BCUT2D eigenvalue weighted by molar-refractivity contribution is 5.78. The van der Waals surface area contributed by atoms with Crippen LogP contribution < -0.4 is 11.1 Å². The fraction of sp³-hybridized carbons (Fsp3) is 0.889. The molecule has 0 aromatic rings. The first-order chi connectivity index (χ1) is 6.72. The van der Waals surface area contributed by atoms with Crippen LogP contribution in [0.5, 0.6) is 0 Å². The van der Waals surface area contributed by atoms with Crippen molar-refractivity contribution in [1.82, 2.24) is 5.32 Å². The lowest BCUT2D eigenvalue weighted by Gasteiger charge is -2.10. The van der Waals surface area contributed by atoms with E-state index in [1.807, 2.05) is 6.92 Å². The van der Waals surface area contributed by atoms with Crippen LogP contribution in [0.1, 0.15) is 13.3 Å². The summed E-state index contributed by atoms with van der Waals surface area (Å²) < 4.78 is 4.98. The van der Waals surface area contributed by atoms with Crippen LogP contribution in [0.4, 0.5) is 0 Å². The maximum atomic E-state index is 11.3. The van der Waals surface area contributed by atoms with Crippen LogP contribution in [0.25, 0.3) is 0 Å². The number of aliphatic hydroxyl groups is 1. The number of nitrogens with two attached hydrogens (primary N) is 1. The molecule has 0 rings (SSSR count). The molecule has 0 aromatic heterocycles. The summed E-state index contributed by atoms with van der Waals surface area (Å²) in [6, 6.07) is 0. The zero-order valence-corrected chi connectivity index (χ0v) is 8.66. The van der Waals surface area contributed by atoms with Crippen LogP contribution in [-0.2, 0) is 9.53 Å². The van der Waals surface area contributed by atoms with Gasteiger partial charge in [0.15, 0.2) is 0 Å². The van der Waals surface area contributed by atoms with Crippen molar-refractivity contribution in [2.24, 2.45) is 11.7 Å². The van der Waals surface area contributed by atoms with E-state index in [0.717, 1.165) is 0 Å². The molecule has 5 nitrogen and oxygen atoms in total. The number of ether oxygens (including phenoxy) is 1. The van der Waals surface area contributed by atoms with Gasteiger partial charge >= 0.3 is 0 Å². The fourth-order valence-corrected chi connectivity index (χ4v) is 0.968. The van der Waals surface area contributed by atoms with Gasteiger partial charge in [0.05, 0.1) is 19.8 Å². The molecule has 84 valence electrons. The van der Waals surface area contributed by atoms with Crippen LogP contribution in [0.15, 0.2) is 0 Å². The van der Waals surface area contributed by atoms with Gasteiger partial charge in [0.2, 0.25) is 5.91 Å². The first kappa shape index (κ1) is 13.4. The molecule has 0 radical (unpaired) electrons. The fourth-order valence-electron chi connectivity index (χ4n) is 0.968. The first-order valence-electron chi connectivity index (χ1n) is 4.88. The van der Waals surface area contributed by atoms with Crippen molar-refractivity contribution in [2.45, 2.75) is 13.3 Å². The summed E-state index contributed by atoms with van der Waals surface area (Å²) in [5.41, 5.74) is 5.33. The molecule has 1 atom stereocenters. The molecular formula is C9H20N2O3. The van der Waals surface area contributed by atoms with E-state index in [1.165, 1.54) is 0 Å². The number of carbonyl (C=O) groups excluding carboxylic acids is 1. The summed E-state index contributed by atoms with van der Waals surface area (Å²) >= 11 is 0. The van der Waals surface area contributed by atoms with E-state index in [1.54, 1.807) is 0 Å². The Morgan fingerprint density at radius 1 is 1.57 bits per heavy atom. The van der Waals surface area contributed by atoms with Crippen molar-refractivity contribution < 1.29 is 14.6 Å². The van der Waals surface area contributed by atoms with Gasteiger partial charge in [-0.25, -0.2) is 0 Å². The lowest BCUT2D eigenvalue weighted by Crippen LogP contribution is -2.33. The van der Waals surface area contributed by atoms with Gasteiger partial charge in [0.1, 0.15) is 0 Å². The van der Waals surface area contributed by atoms with Crippen molar-refractivity contribution in [3.63, 3.8) is 0 Å². The van der Waals surface area contributed by atoms with Gasteiger partial charge in [-0.3, -0.25) is 4.79 Å². The molecule has 0 aliphatic carbocycles.